The topological polar surface area (TPSA) is 34.9 Å². The first-order valence-electron chi connectivity index (χ1n) is 7.20. The molecular weight excluding hydrogens is 324 g/mol. The van der Waals surface area contributed by atoms with Gasteiger partial charge in [0.1, 0.15) is 5.82 Å². The Morgan fingerprint density at radius 1 is 1.12 bits per heavy atom. The number of para-hydroxylation sites is 1. The van der Waals surface area contributed by atoms with E-state index in [0.717, 1.165) is 10.6 Å². The fourth-order valence-corrected chi connectivity index (χ4v) is 2.62. The number of rotatable bonds is 2. The van der Waals surface area contributed by atoms with Gasteiger partial charge in [-0.2, -0.15) is 18.2 Å². The van der Waals surface area contributed by atoms with Gasteiger partial charge >= 0.3 is 11.9 Å². The molecule has 0 spiro atoms. The summed E-state index contributed by atoms with van der Waals surface area (Å²) < 4.78 is 54.5. The van der Waals surface area contributed by atoms with Crippen molar-refractivity contribution in [2.75, 3.05) is 0 Å². The van der Waals surface area contributed by atoms with Gasteiger partial charge in [0, 0.05) is 0 Å². The summed E-state index contributed by atoms with van der Waals surface area (Å²) in [6.07, 6.45) is -4.49. The molecule has 0 aliphatic heterocycles. The van der Waals surface area contributed by atoms with Crippen LogP contribution in [0.15, 0.2) is 47.3 Å². The van der Waals surface area contributed by atoms with Crippen LogP contribution >= 0.6 is 0 Å². The second-order valence-corrected chi connectivity index (χ2v) is 5.22. The van der Waals surface area contributed by atoms with Crippen molar-refractivity contribution in [1.29, 1.82) is 0 Å². The standard InChI is InChI=1S/C17H12F4N2O/c1-2-13-15-12(18)8-10(17(19,20)21)9-14(15)23(16(24)22-13)11-6-4-3-5-7-11/h3-9H,2H2,1H3. The summed E-state index contributed by atoms with van der Waals surface area (Å²) in [7, 11) is 0. The SMILES string of the molecule is CCc1nc(=O)n(-c2ccccc2)c2cc(C(F)(F)F)cc(F)c12. The molecule has 0 radical (unpaired) electrons. The molecule has 0 unspecified atom stereocenters. The number of halogens is 4. The highest BCUT2D eigenvalue weighted by Gasteiger charge is 2.32. The molecule has 3 nitrogen and oxygen atoms in total. The molecule has 0 atom stereocenters. The van der Waals surface area contributed by atoms with Crippen LogP contribution in [-0.4, -0.2) is 9.55 Å². The fraction of sp³-hybridized carbons (Fsp3) is 0.176. The van der Waals surface area contributed by atoms with E-state index < -0.39 is 23.2 Å². The average molecular weight is 336 g/mol. The number of nitrogens with zero attached hydrogens (tertiary/aromatic N) is 2. The Kier molecular flexibility index (Phi) is 3.87. The lowest BCUT2D eigenvalue weighted by Crippen LogP contribution is -2.24. The van der Waals surface area contributed by atoms with Gasteiger partial charge in [-0.25, -0.2) is 9.18 Å². The van der Waals surface area contributed by atoms with E-state index >= 15 is 0 Å². The Labute approximate surface area is 134 Å². The fourth-order valence-electron chi connectivity index (χ4n) is 2.62. The summed E-state index contributed by atoms with van der Waals surface area (Å²) in [5.41, 5.74) is -1.59. The second-order valence-electron chi connectivity index (χ2n) is 5.22. The molecule has 7 heteroatoms. The van der Waals surface area contributed by atoms with E-state index in [-0.39, 0.29) is 23.0 Å². The summed E-state index contributed by atoms with van der Waals surface area (Å²) in [5, 5.41) is -0.0750. The van der Waals surface area contributed by atoms with Gasteiger partial charge in [-0.1, -0.05) is 25.1 Å². The lowest BCUT2D eigenvalue weighted by Gasteiger charge is -2.15. The van der Waals surface area contributed by atoms with Crippen LogP contribution < -0.4 is 5.69 Å². The number of fused-ring (bicyclic) bond motifs is 1. The molecular formula is C17H12F4N2O. The van der Waals surface area contributed by atoms with Crippen molar-refractivity contribution in [2.24, 2.45) is 0 Å². The van der Waals surface area contributed by atoms with Crippen molar-refractivity contribution in [3.63, 3.8) is 0 Å². The Balaban J connectivity index is 2.50. The van der Waals surface area contributed by atoms with Crippen LogP contribution in [0.2, 0.25) is 0 Å². The van der Waals surface area contributed by atoms with Crippen molar-refractivity contribution < 1.29 is 17.6 Å². The van der Waals surface area contributed by atoms with Crippen molar-refractivity contribution in [2.45, 2.75) is 19.5 Å². The molecule has 0 amide bonds. The number of hydrogen-bond acceptors (Lipinski definition) is 2. The van der Waals surface area contributed by atoms with E-state index in [1.165, 1.54) is 0 Å². The van der Waals surface area contributed by atoms with Gasteiger partial charge in [-0.3, -0.25) is 4.57 Å². The predicted molar refractivity (Wildman–Crippen MR) is 81.7 cm³/mol. The van der Waals surface area contributed by atoms with Crippen molar-refractivity contribution in [3.8, 4) is 5.69 Å². The Hall–Kier alpha value is -2.70. The Morgan fingerprint density at radius 3 is 2.38 bits per heavy atom. The van der Waals surface area contributed by atoms with Gasteiger partial charge in [0.25, 0.3) is 0 Å². The number of aromatic nitrogens is 2. The van der Waals surface area contributed by atoms with E-state index in [0.29, 0.717) is 11.8 Å². The maximum atomic E-state index is 14.4. The quantitative estimate of drug-likeness (QED) is 0.660. The minimum absolute atomic E-state index is 0.0750. The zero-order valence-electron chi connectivity index (χ0n) is 12.6. The van der Waals surface area contributed by atoms with Crippen LogP contribution in [0.5, 0.6) is 0 Å². The normalized spacial score (nSPS) is 11.9. The zero-order chi connectivity index (χ0) is 17.5. The Bertz CT molecular complexity index is 962. The first kappa shape index (κ1) is 16.2. The third-order valence-corrected chi connectivity index (χ3v) is 3.70. The van der Waals surface area contributed by atoms with Gasteiger partial charge in [-0.15, -0.1) is 0 Å². The summed E-state index contributed by atoms with van der Waals surface area (Å²) >= 11 is 0. The monoisotopic (exact) mass is 336 g/mol. The molecule has 0 bridgehead atoms. The van der Waals surface area contributed by atoms with Crippen LogP contribution in [0.4, 0.5) is 17.6 Å². The van der Waals surface area contributed by atoms with Crippen molar-refractivity contribution >= 4 is 10.9 Å². The molecule has 24 heavy (non-hydrogen) atoms. The van der Waals surface area contributed by atoms with Crippen LogP contribution in [0.3, 0.4) is 0 Å². The minimum atomic E-state index is -4.72. The molecule has 0 N–H and O–H groups in total. The maximum absolute atomic E-state index is 14.4. The summed E-state index contributed by atoms with van der Waals surface area (Å²) in [4.78, 5) is 16.2. The molecule has 3 rings (SSSR count). The molecule has 124 valence electrons. The lowest BCUT2D eigenvalue weighted by molar-refractivity contribution is -0.137. The molecule has 0 fully saturated rings. The second kappa shape index (κ2) is 5.74. The molecule has 3 aromatic rings. The number of hydrogen-bond donors (Lipinski definition) is 0. The van der Waals surface area contributed by atoms with E-state index in [4.69, 9.17) is 0 Å². The summed E-state index contributed by atoms with van der Waals surface area (Å²) in [6.45, 7) is 1.66. The molecule has 2 aromatic carbocycles. The molecule has 0 saturated carbocycles. The molecule has 0 aliphatic carbocycles. The van der Waals surface area contributed by atoms with Gasteiger partial charge in [0.2, 0.25) is 0 Å². The summed E-state index contributed by atoms with van der Waals surface area (Å²) in [5.74, 6) is -1.05. The number of alkyl halides is 3. The van der Waals surface area contributed by atoms with Crippen LogP contribution in [0, 0.1) is 5.82 Å². The molecule has 1 heterocycles. The molecule has 0 saturated heterocycles. The first-order valence-corrected chi connectivity index (χ1v) is 7.20. The van der Waals surface area contributed by atoms with E-state index in [1.807, 2.05) is 0 Å². The molecule has 0 aliphatic rings. The van der Waals surface area contributed by atoms with E-state index in [9.17, 15) is 22.4 Å². The predicted octanol–water partition coefficient (Wildman–Crippen LogP) is 4.11. The highest BCUT2D eigenvalue weighted by Crippen LogP contribution is 2.33. The van der Waals surface area contributed by atoms with Gasteiger partial charge < -0.3 is 0 Å². The van der Waals surface area contributed by atoms with Crippen LogP contribution in [-0.2, 0) is 12.6 Å². The maximum Gasteiger partial charge on any atom is 0.416 e. The first-order chi connectivity index (χ1) is 11.3. The Morgan fingerprint density at radius 2 is 1.79 bits per heavy atom. The minimum Gasteiger partial charge on any atom is -0.260 e. The largest absolute Gasteiger partial charge is 0.416 e. The van der Waals surface area contributed by atoms with Gasteiger partial charge in [-0.05, 0) is 30.7 Å². The lowest BCUT2D eigenvalue weighted by atomic mass is 10.1. The zero-order valence-corrected chi connectivity index (χ0v) is 12.6. The van der Waals surface area contributed by atoms with E-state index in [2.05, 4.69) is 4.98 Å². The van der Waals surface area contributed by atoms with Gasteiger partial charge in [0.05, 0.1) is 27.8 Å². The third kappa shape index (κ3) is 2.66. The van der Waals surface area contributed by atoms with Crippen LogP contribution in [0.1, 0.15) is 18.2 Å². The highest BCUT2D eigenvalue weighted by molar-refractivity contribution is 5.84. The number of aryl methyl sites for hydroxylation is 1. The van der Waals surface area contributed by atoms with E-state index in [1.54, 1.807) is 37.3 Å². The summed E-state index contributed by atoms with van der Waals surface area (Å²) in [6, 6.07) is 9.28. The average Bonchev–Trinajstić information content (AvgIpc) is 2.53. The third-order valence-electron chi connectivity index (χ3n) is 3.70. The molecule has 1 aromatic heterocycles. The number of benzene rings is 2. The smallest absolute Gasteiger partial charge is 0.260 e. The van der Waals surface area contributed by atoms with Crippen molar-refractivity contribution in [3.05, 3.63) is 70.0 Å². The van der Waals surface area contributed by atoms with Gasteiger partial charge in [0.15, 0.2) is 0 Å². The van der Waals surface area contributed by atoms with Crippen LogP contribution in [0.25, 0.3) is 16.6 Å². The van der Waals surface area contributed by atoms with Crippen molar-refractivity contribution in [1.82, 2.24) is 9.55 Å². The highest BCUT2D eigenvalue weighted by atomic mass is 19.4.